The van der Waals surface area contributed by atoms with Gasteiger partial charge in [0.15, 0.2) is 0 Å². The Labute approximate surface area is 133 Å². The molecule has 0 aromatic heterocycles. The maximum Gasteiger partial charge on any atom is 0.224 e. The molecule has 0 saturated carbocycles. The molecule has 2 rings (SSSR count). The lowest BCUT2D eigenvalue weighted by Crippen LogP contribution is -2.41. The van der Waals surface area contributed by atoms with Crippen LogP contribution in [0, 0.1) is 12.8 Å². The Morgan fingerprint density at radius 1 is 1.27 bits per heavy atom. The number of aryl methyl sites for hydroxylation is 1. The molecule has 0 radical (unpaired) electrons. The summed E-state index contributed by atoms with van der Waals surface area (Å²) in [6.45, 7) is 7.91. The Morgan fingerprint density at radius 3 is 2.55 bits per heavy atom. The highest BCUT2D eigenvalue weighted by atomic mass is 16.2. The van der Waals surface area contributed by atoms with Gasteiger partial charge in [0.05, 0.1) is 0 Å². The number of hydrogen-bond acceptors (Lipinski definition) is 2. The first kappa shape index (κ1) is 16.5. The third-order valence-corrected chi connectivity index (χ3v) is 4.28. The van der Waals surface area contributed by atoms with Crippen LogP contribution in [0.4, 0.5) is 5.69 Å². The van der Waals surface area contributed by atoms with Crippen molar-refractivity contribution in [2.75, 3.05) is 24.5 Å². The average molecular weight is 302 g/mol. The minimum Gasteiger partial charge on any atom is -0.342 e. The molecule has 4 nitrogen and oxygen atoms in total. The van der Waals surface area contributed by atoms with E-state index in [4.69, 9.17) is 0 Å². The summed E-state index contributed by atoms with van der Waals surface area (Å²) in [4.78, 5) is 27.8. The first-order valence-electron chi connectivity index (χ1n) is 8.10. The molecular formula is C18H26N2O2. The third kappa shape index (κ3) is 4.33. The molecule has 1 aromatic rings. The lowest BCUT2D eigenvalue weighted by molar-refractivity contribution is -0.132. The molecule has 2 amide bonds. The molecule has 120 valence electrons. The summed E-state index contributed by atoms with van der Waals surface area (Å²) in [5, 5.41) is 0. The predicted molar refractivity (Wildman–Crippen MR) is 88.8 cm³/mol. The molecular weight excluding hydrogens is 276 g/mol. The Bertz CT molecular complexity index is 524. The minimum atomic E-state index is -0.0244. The molecule has 1 heterocycles. The maximum absolute atomic E-state index is 12.3. The molecule has 1 aromatic carbocycles. The number of benzene rings is 1. The van der Waals surface area contributed by atoms with Gasteiger partial charge in [0.25, 0.3) is 0 Å². The van der Waals surface area contributed by atoms with Crippen LogP contribution in [0.3, 0.4) is 0 Å². The maximum atomic E-state index is 12.3. The molecule has 1 aliphatic rings. The van der Waals surface area contributed by atoms with E-state index in [2.05, 4.69) is 6.92 Å². The van der Waals surface area contributed by atoms with E-state index in [0.717, 1.165) is 30.8 Å². The molecule has 22 heavy (non-hydrogen) atoms. The molecule has 1 fully saturated rings. The number of carbonyl (C=O) groups excluding carboxylic acids is 2. The topological polar surface area (TPSA) is 40.6 Å². The van der Waals surface area contributed by atoms with Crippen LogP contribution in [-0.4, -0.2) is 36.3 Å². The quantitative estimate of drug-likeness (QED) is 0.858. The normalized spacial score (nSPS) is 18.1. The first-order valence-corrected chi connectivity index (χ1v) is 8.10. The fourth-order valence-electron chi connectivity index (χ4n) is 2.97. The minimum absolute atomic E-state index is 0.0244. The van der Waals surface area contributed by atoms with E-state index in [9.17, 15) is 9.59 Å². The number of piperidine rings is 1. The van der Waals surface area contributed by atoms with Crippen LogP contribution < -0.4 is 4.90 Å². The summed E-state index contributed by atoms with van der Waals surface area (Å²) in [7, 11) is 0. The van der Waals surface area contributed by atoms with Crippen LogP contribution in [0.1, 0.15) is 38.7 Å². The summed E-state index contributed by atoms with van der Waals surface area (Å²) < 4.78 is 0. The Morgan fingerprint density at radius 2 is 1.95 bits per heavy atom. The number of hydrogen-bond donors (Lipinski definition) is 0. The zero-order chi connectivity index (χ0) is 16.1. The Kier molecular flexibility index (Phi) is 5.58. The van der Waals surface area contributed by atoms with Crippen molar-refractivity contribution in [2.24, 2.45) is 5.92 Å². The monoisotopic (exact) mass is 302 g/mol. The molecule has 4 heteroatoms. The molecule has 0 N–H and O–H groups in total. The average Bonchev–Trinajstić information content (AvgIpc) is 2.48. The largest absolute Gasteiger partial charge is 0.342 e. The van der Waals surface area contributed by atoms with Crippen LogP contribution in [0.2, 0.25) is 0 Å². The second-order valence-corrected chi connectivity index (χ2v) is 6.34. The van der Waals surface area contributed by atoms with Crippen LogP contribution in [0.15, 0.2) is 24.3 Å². The summed E-state index contributed by atoms with van der Waals surface area (Å²) >= 11 is 0. The summed E-state index contributed by atoms with van der Waals surface area (Å²) in [6.07, 6.45) is 2.67. The highest BCUT2D eigenvalue weighted by molar-refractivity contribution is 5.92. The zero-order valence-corrected chi connectivity index (χ0v) is 13.8. The number of likely N-dealkylation sites (tertiary alicyclic amines) is 1. The van der Waals surface area contributed by atoms with Gasteiger partial charge in [0.2, 0.25) is 11.8 Å². The predicted octanol–water partition coefficient (Wildman–Crippen LogP) is 3.00. The fourth-order valence-corrected chi connectivity index (χ4v) is 2.97. The van der Waals surface area contributed by atoms with Gasteiger partial charge in [0, 0.05) is 38.7 Å². The first-order chi connectivity index (χ1) is 10.5. The van der Waals surface area contributed by atoms with Gasteiger partial charge < -0.3 is 9.80 Å². The van der Waals surface area contributed by atoms with E-state index in [1.54, 1.807) is 11.8 Å². The standard InChI is InChI=1S/C18H26N2O2/c1-14-6-8-17(9-7-14)20(16(3)21)12-10-18(22)19-11-4-5-15(2)13-19/h6-9,15H,4-5,10-13H2,1-3H3. The Balaban J connectivity index is 1.95. The fraction of sp³-hybridized carbons (Fsp3) is 0.556. The van der Waals surface area contributed by atoms with Crippen molar-refractivity contribution < 1.29 is 9.59 Å². The van der Waals surface area contributed by atoms with Crippen LogP contribution in [0.25, 0.3) is 0 Å². The molecule has 0 bridgehead atoms. The number of carbonyl (C=O) groups is 2. The lowest BCUT2D eigenvalue weighted by Gasteiger charge is -2.31. The van der Waals surface area contributed by atoms with Crippen molar-refractivity contribution in [3.8, 4) is 0 Å². The highest BCUT2D eigenvalue weighted by Gasteiger charge is 2.22. The smallest absolute Gasteiger partial charge is 0.224 e. The van der Waals surface area contributed by atoms with Crippen molar-refractivity contribution in [1.82, 2.24) is 4.90 Å². The number of anilines is 1. The number of nitrogens with zero attached hydrogens (tertiary/aromatic N) is 2. The van der Waals surface area contributed by atoms with E-state index in [1.165, 1.54) is 6.42 Å². The van der Waals surface area contributed by atoms with Gasteiger partial charge in [-0.05, 0) is 37.8 Å². The van der Waals surface area contributed by atoms with E-state index < -0.39 is 0 Å². The van der Waals surface area contributed by atoms with E-state index in [1.807, 2.05) is 36.1 Å². The van der Waals surface area contributed by atoms with Crippen LogP contribution >= 0.6 is 0 Å². The number of rotatable bonds is 4. The molecule has 1 saturated heterocycles. The van der Waals surface area contributed by atoms with Crippen molar-refractivity contribution in [1.29, 1.82) is 0 Å². The van der Waals surface area contributed by atoms with Gasteiger partial charge >= 0.3 is 0 Å². The number of amides is 2. The van der Waals surface area contributed by atoms with Gasteiger partial charge in [-0.25, -0.2) is 0 Å². The van der Waals surface area contributed by atoms with Gasteiger partial charge in [-0.15, -0.1) is 0 Å². The van der Waals surface area contributed by atoms with Crippen LogP contribution in [0.5, 0.6) is 0 Å². The van der Waals surface area contributed by atoms with E-state index >= 15 is 0 Å². The van der Waals surface area contributed by atoms with Gasteiger partial charge in [-0.3, -0.25) is 9.59 Å². The molecule has 1 atom stereocenters. The third-order valence-electron chi connectivity index (χ3n) is 4.28. The van der Waals surface area contributed by atoms with Gasteiger partial charge in [0.1, 0.15) is 0 Å². The van der Waals surface area contributed by atoms with E-state index in [-0.39, 0.29) is 11.8 Å². The van der Waals surface area contributed by atoms with Gasteiger partial charge in [-0.2, -0.15) is 0 Å². The van der Waals surface area contributed by atoms with Crippen LogP contribution in [-0.2, 0) is 9.59 Å². The molecule has 0 aliphatic carbocycles. The van der Waals surface area contributed by atoms with Gasteiger partial charge in [-0.1, -0.05) is 24.6 Å². The lowest BCUT2D eigenvalue weighted by atomic mass is 10.00. The Hall–Kier alpha value is -1.84. The summed E-state index contributed by atoms with van der Waals surface area (Å²) in [6, 6.07) is 7.84. The van der Waals surface area contributed by atoms with Crippen molar-refractivity contribution >= 4 is 17.5 Å². The second-order valence-electron chi connectivity index (χ2n) is 6.34. The highest BCUT2D eigenvalue weighted by Crippen LogP contribution is 2.18. The van der Waals surface area contributed by atoms with Crippen molar-refractivity contribution in [2.45, 2.75) is 40.0 Å². The van der Waals surface area contributed by atoms with Crippen molar-refractivity contribution in [3.05, 3.63) is 29.8 Å². The molecule has 1 aliphatic heterocycles. The SMILES string of the molecule is CC(=O)N(CCC(=O)N1CCCC(C)C1)c1ccc(C)cc1. The zero-order valence-electron chi connectivity index (χ0n) is 13.8. The summed E-state index contributed by atoms with van der Waals surface area (Å²) in [5.41, 5.74) is 2.02. The van der Waals surface area contributed by atoms with Crippen molar-refractivity contribution in [3.63, 3.8) is 0 Å². The second kappa shape index (κ2) is 7.43. The molecule has 1 unspecified atom stereocenters. The molecule has 0 spiro atoms. The van der Waals surface area contributed by atoms with E-state index in [0.29, 0.717) is 18.9 Å². The summed E-state index contributed by atoms with van der Waals surface area (Å²) in [5.74, 6) is 0.715.